The van der Waals surface area contributed by atoms with Crippen LogP contribution in [0.4, 0.5) is 17.2 Å². The van der Waals surface area contributed by atoms with Crippen LogP contribution in [-0.2, 0) is 0 Å². The van der Waals surface area contributed by atoms with Crippen LogP contribution in [0.25, 0.3) is 5.82 Å². The molecule has 0 aliphatic heterocycles. The molecule has 9 heteroatoms. The molecular formula is C18H13BrN6OS. The van der Waals surface area contributed by atoms with Gasteiger partial charge in [-0.15, -0.1) is 11.3 Å². The lowest BCUT2D eigenvalue weighted by Gasteiger charge is -2.09. The highest BCUT2D eigenvalue weighted by atomic mass is 79.9. The topological polar surface area (TPSA) is 84.7 Å². The number of benzene rings is 1. The number of rotatable bonds is 5. The number of imidazole rings is 1. The molecule has 3 heterocycles. The highest BCUT2D eigenvalue weighted by Crippen LogP contribution is 2.22. The van der Waals surface area contributed by atoms with Crippen molar-refractivity contribution in [2.24, 2.45) is 0 Å². The fourth-order valence-electron chi connectivity index (χ4n) is 2.36. The van der Waals surface area contributed by atoms with Crippen molar-refractivity contribution in [1.82, 2.24) is 19.5 Å². The third-order valence-corrected chi connectivity index (χ3v) is 5.32. The number of halogens is 1. The minimum absolute atomic E-state index is 0.132. The van der Waals surface area contributed by atoms with Crippen molar-refractivity contribution < 1.29 is 4.79 Å². The quantitative estimate of drug-likeness (QED) is 0.477. The maximum atomic E-state index is 12.2. The molecule has 0 bridgehead atoms. The molecule has 4 rings (SSSR count). The number of thiophene rings is 1. The Morgan fingerprint density at radius 1 is 1.11 bits per heavy atom. The predicted molar refractivity (Wildman–Crippen MR) is 109 cm³/mol. The average Bonchev–Trinajstić information content (AvgIpc) is 3.35. The van der Waals surface area contributed by atoms with Crippen molar-refractivity contribution in [3.05, 3.63) is 76.2 Å². The molecule has 0 saturated heterocycles. The maximum Gasteiger partial charge on any atom is 0.265 e. The van der Waals surface area contributed by atoms with E-state index in [1.807, 2.05) is 41.9 Å². The maximum absolute atomic E-state index is 12.2. The number of hydrogen-bond donors (Lipinski definition) is 2. The fraction of sp³-hybridized carbons (Fsp3) is 0. The highest BCUT2D eigenvalue weighted by molar-refractivity contribution is 9.10. The van der Waals surface area contributed by atoms with Gasteiger partial charge in [-0.25, -0.2) is 15.0 Å². The summed E-state index contributed by atoms with van der Waals surface area (Å²) in [6.07, 6.45) is 6.67. The second kappa shape index (κ2) is 7.68. The van der Waals surface area contributed by atoms with Gasteiger partial charge in [-0.2, -0.15) is 0 Å². The second-order valence-electron chi connectivity index (χ2n) is 5.52. The SMILES string of the molecule is O=C(Nc1ccc(Nc2cc(-n3ccnc3)ncn2)cc1)c1cc(Br)cs1. The normalized spacial score (nSPS) is 10.6. The number of nitrogens with one attached hydrogen (secondary N) is 2. The summed E-state index contributed by atoms with van der Waals surface area (Å²) >= 11 is 4.74. The Kier molecular flexibility index (Phi) is 4.95. The van der Waals surface area contributed by atoms with Crippen molar-refractivity contribution in [2.45, 2.75) is 0 Å². The van der Waals surface area contributed by atoms with Gasteiger partial charge >= 0.3 is 0 Å². The first-order valence-electron chi connectivity index (χ1n) is 7.90. The van der Waals surface area contributed by atoms with Crippen LogP contribution in [-0.4, -0.2) is 25.4 Å². The van der Waals surface area contributed by atoms with Crippen LogP contribution in [0.15, 0.2) is 71.3 Å². The molecule has 1 aromatic carbocycles. The minimum atomic E-state index is -0.132. The van der Waals surface area contributed by atoms with Gasteiger partial charge in [0.05, 0.1) is 4.88 Å². The van der Waals surface area contributed by atoms with E-state index in [9.17, 15) is 4.79 Å². The van der Waals surface area contributed by atoms with Crippen LogP contribution in [0.1, 0.15) is 9.67 Å². The van der Waals surface area contributed by atoms with Gasteiger partial charge in [0.1, 0.15) is 24.3 Å². The van der Waals surface area contributed by atoms with Crippen molar-refractivity contribution in [3.8, 4) is 5.82 Å². The molecule has 0 atom stereocenters. The van der Waals surface area contributed by atoms with Gasteiger partial charge < -0.3 is 10.6 Å². The Hall–Kier alpha value is -3.04. The molecule has 0 radical (unpaired) electrons. The van der Waals surface area contributed by atoms with Crippen LogP contribution >= 0.6 is 27.3 Å². The first-order valence-corrected chi connectivity index (χ1v) is 9.57. The lowest BCUT2D eigenvalue weighted by molar-refractivity contribution is 0.103. The Labute approximate surface area is 167 Å². The van der Waals surface area contributed by atoms with E-state index in [1.54, 1.807) is 23.2 Å². The summed E-state index contributed by atoms with van der Waals surface area (Å²) in [6.45, 7) is 0. The molecule has 0 saturated carbocycles. The second-order valence-corrected chi connectivity index (χ2v) is 7.34. The third kappa shape index (κ3) is 4.21. The molecule has 0 aliphatic carbocycles. The van der Waals surface area contributed by atoms with E-state index in [1.165, 1.54) is 17.7 Å². The van der Waals surface area contributed by atoms with Gasteiger partial charge in [0.25, 0.3) is 5.91 Å². The zero-order valence-corrected chi connectivity index (χ0v) is 16.2. The molecule has 7 nitrogen and oxygen atoms in total. The Balaban J connectivity index is 1.44. The summed E-state index contributed by atoms with van der Waals surface area (Å²) in [5.74, 6) is 1.25. The lowest BCUT2D eigenvalue weighted by Crippen LogP contribution is -2.09. The van der Waals surface area contributed by atoms with E-state index in [0.717, 1.165) is 21.7 Å². The molecule has 4 aromatic rings. The number of aromatic nitrogens is 4. The van der Waals surface area contributed by atoms with E-state index >= 15 is 0 Å². The smallest absolute Gasteiger partial charge is 0.265 e. The van der Waals surface area contributed by atoms with Crippen LogP contribution < -0.4 is 10.6 Å². The number of carbonyl (C=O) groups is 1. The minimum Gasteiger partial charge on any atom is -0.340 e. The number of amides is 1. The van der Waals surface area contributed by atoms with Crippen molar-refractivity contribution in [1.29, 1.82) is 0 Å². The lowest BCUT2D eigenvalue weighted by atomic mass is 10.2. The predicted octanol–water partition coefficient (Wildman–Crippen LogP) is 4.48. The molecule has 0 spiro atoms. The van der Waals surface area contributed by atoms with Crippen molar-refractivity contribution in [2.75, 3.05) is 10.6 Å². The third-order valence-electron chi connectivity index (χ3n) is 3.63. The summed E-state index contributed by atoms with van der Waals surface area (Å²) in [5.41, 5.74) is 1.57. The van der Waals surface area contributed by atoms with E-state index < -0.39 is 0 Å². The zero-order chi connectivity index (χ0) is 18.6. The van der Waals surface area contributed by atoms with Crippen molar-refractivity contribution >= 4 is 50.4 Å². The Morgan fingerprint density at radius 2 is 1.93 bits per heavy atom. The number of hydrogen-bond acceptors (Lipinski definition) is 6. The van der Waals surface area contributed by atoms with Crippen LogP contribution in [0.5, 0.6) is 0 Å². The van der Waals surface area contributed by atoms with Crippen LogP contribution in [0, 0.1) is 0 Å². The molecular weight excluding hydrogens is 428 g/mol. The van der Waals surface area contributed by atoms with Crippen LogP contribution in [0.3, 0.4) is 0 Å². The molecule has 0 fully saturated rings. The average molecular weight is 441 g/mol. The number of anilines is 3. The van der Waals surface area contributed by atoms with Gasteiger partial charge in [0, 0.05) is 39.7 Å². The monoisotopic (exact) mass is 440 g/mol. The molecule has 2 N–H and O–H groups in total. The number of carbonyl (C=O) groups excluding carboxylic acids is 1. The Morgan fingerprint density at radius 3 is 2.63 bits per heavy atom. The van der Waals surface area contributed by atoms with E-state index in [2.05, 4.69) is 41.5 Å². The van der Waals surface area contributed by atoms with E-state index in [4.69, 9.17) is 0 Å². The highest BCUT2D eigenvalue weighted by Gasteiger charge is 2.09. The summed E-state index contributed by atoms with van der Waals surface area (Å²) < 4.78 is 2.70. The fourth-order valence-corrected chi connectivity index (χ4v) is 3.68. The first-order chi connectivity index (χ1) is 13.2. The summed E-state index contributed by atoms with van der Waals surface area (Å²) in [5, 5.41) is 7.97. The zero-order valence-electron chi connectivity index (χ0n) is 13.8. The molecule has 3 aromatic heterocycles. The van der Waals surface area contributed by atoms with Gasteiger partial charge in [-0.3, -0.25) is 9.36 Å². The molecule has 27 heavy (non-hydrogen) atoms. The standard InChI is InChI=1S/C18H13BrN6OS/c19-12-7-15(27-9-12)18(26)24-14-3-1-13(2-4-14)23-16-8-17(22-10-21-16)25-6-5-20-11-25/h1-11H,(H,24,26)(H,21,22,23). The van der Waals surface area contributed by atoms with Crippen LogP contribution in [0.2, 0.25) is 0 Å². The number of nitrogens with zero attached hydrogens (tertiary/aromatic N) is 4. The summed E-state index contributed by atoms with van der Waals surface area (Å²) in [6, 6.07) is 11.0. The van der Waals surface area contributed by atoms with Gasteiger partial charge in [0.15, 0.2) is 0 Å². The largest absolute Gasteiger partial charge is 0.340 e. The molecule has 1 amide bonds. The molecule has 134 valence electrons. The molecule has 0 aliphatic rings. The van der Waals surface area contributed by atoms with Gasteiger partial charge in [-0.1, -0.05) is 0 Å². The first kappa shape index (κ1) is 17.4. The molecule has 0 unspecified atom stereocenters. The van der Waals surface area contributed by atoms with E-state index in [0.29, 0.717) is 10.7 Å². The Bertz CT molecular complexity index is 1060. The summed E-state index contributed by atoms with van der Waals surface area (Å²) in [4.78, 5) is 25.3. The summed E-state index contributed by atoms with van der Waals surface area (Å²) in [7, 11) is 0. The van der Waals surface area contributed by atoms with Gasteiger partial charge in [0.2, 0.25) is 0 Å². The van der Waals surface area contributed by atoms with Gasteiger partial charge in [-0.05, 0) is 46.3 Å². The van der Waals surface area contributed by atoms with E-state index in [-0.39, 0.29) is 5.91 Å². The van der Waals surface area contributed by atoms with Crippen molar-refractivity contribution in [3.63, 3.8) is 0 Å².